The first kappa shape index (κ1) is 19.9. The van der Waals surface area contributed by atoms with Gasteiger partial charge in [-0.2, -0.15) is 0 Å². The summed E-state index contributed by atoms with van der Waals surface area (Å²) < 4.78 is 0. The number of aliphatic hydroxyl groups is 1. The minimum absolute atomic E-state index is 1.00. The van der Waals surface area contributed by atoms with Gasteiger partial charge in [-0.15, -0.1) is 0 Å². The Morgan fingerprint density at radius 1 is 0.750 bits per heavy atom. The van der Waals surface area contributed by atoms with Gasteiger partial charge in [-0.25, -0.2) is 0 Å². The molecule has 1 N–H and O–H groups in total. The Bertz CT molecular complexity index is 188. The van der Waals surface area contributed by atoms with E-state index in [1.807, 2.05) is 0 Å². The van der Waals surface area contributed by atoms with Crippen molar-refractivity contribution >= 4 is 0 Å². The van der Waals surface area contributed by atoms with Gasteiger partial charge in [-0.05, 0) is 20.0 Å². The molecule has 0 aromatic heterocycles. The van der Waals surface area contributed by atoms with E-state index in [-0.39, 0.29) is 0 Å². The van der Waals surface area contributed by atoms with Crippen LogP contribution in [0.1, 0.15) is 71.1 Å². The van der Waals surface area contributed by atoms with Gasteiger partial charge in [-0.1, -0.05) is 64.7 Å². The lowest BCUT2D eigenvalue weighted by atomic mass is 10.1. The van der Waals surface area contributed by atoms with Gasteiger partial charge >= 0.3 is 0 Å². The second-order valence-electron chi connectivity index (χ2n) is 6.02. The molecule has 0 unspecified atom stereocenters. The average molecular weight is 287 g/mol. The monoisotopic (exact) mass is 286 g/mol. The maximum Gasteiger partial charge on any atom is 0.0504 e. The van der Waals surface area contributed by atoms with Crippen LogP contribution in [0.5, 0.6) is 0 Å². The third-order valence-corrected chi connectivity index (χ3v) is 4.07. The minimum atomic E-state index is 1.00. The number of likely N-dealkylation sites (N-methyl/N-ethyl adjacent to an activating group) is 1. The number of hydrogen-bond acceptors (Lipinski definition) is 3. The van der Waals surface area contributed by atoms with Crippen LogP contribution >= 0.6 is 0 Å². The third kappa shape index (κ3) is 11.7. The molecule has 0 aromatic carbocycles. The Hall–Kier alpha value is -0.120. The van der Waals surface area contributed by atoms with Crippen molar-refractivity contribution in [2.45, 2.75) is 71.1 Å². The lowest BCUT2D eigenvalue weighted by molar-refractivity contribution is 0.269. The van der Waals surface area contributed by atoms with Crippen molar-refractivity contribution in [3.8, 4) is 0 Å². The number of hydrogen-bond donors (Lipinski definition) is 1. The molecular formula is C17H38N2O. The van der Waals surface area contributed by atoms with Gasteiger partial charge in [0.25, 0.3) is 0 Å². The highest BCUT2D eigenvalue weighted by atomic mass is 16.2. The Morgan fingerprint density at radius 2 is 1.25 bits per heavy atom. The van der Waals surface area contributed by atoms with E-state index in [1.54, 1.807) is 0 Å². The molecule has 0 radical (unpaired) electrons. The zero-order valence-corrected chi connectivity index (χ0v) is 14.2. The molecule has 0 aromatic rings. The van der Waals surface area contributed by atoms with Crippen LogP contribution in [-0.2, 0) is 0 Å². The zero-order chi connectivity index (χ0) is 15.1. The average Bonchev–Trinajstić information content (AvgIpc) is 2.89. The second kappa shape index (κ2) is 15.3. The molecular weight excluding hydrogens is 248 g/mol. The summed E-state index contributed by atoms with van der Waals surface area (Å²) >= 11 is 0. The zero-order valence-electron chi connectivity index (χ0n) is 14.2. The molecule has 1 rings (SSSR count). The summed E-state index contributed by atoms with van der Waals surface area (Å²) in [5.74, 6) is 0. The molecule has 1 heterocycles. The quantitative estimate of drug-likeness (QED) is 0.586. The van der Waals surface area contributed by atoms with Crippen molar-refractivity contribution in [3.05, 3.63) is 0 Å². The van der Waals surface area contributed by atoms with Crippen molar-refractivity contribution < 1.29 is 5.11 Å². The van der Waals surface area contributed by atoms with E-state index in [4.69, 9.17) is 5.11 Å². The van der Waals surface area contributed by atoms with Gasteiger partial charge in [-0.3, -0.25) is 9.80 Å². The summed E-state index contributed by atoms with van der Waals surface area (Å²) in [6.07, 6.45) is 14.4. The van der Waals surface area contributed by atoms with Gasteiger partial charge in [0, 0.05) is 20.2 Å². The van der Waals surface area contributed by atoms with E-state index in [1.165, 1.54) is 90.5 Å². The lowest BCUT2D eigenvalue weighted by Gasteiger charge is -2.14. The fraction of sp³-hybridized carbons (Fsp3) is 1.00. The molecule has 20 heavy (non-hydrogen) atoms. The maximum absolute atomic E-state index is 7.00. The third-order valence-electron chi connectivity index (χ3n) is 4.07. The fourth-order valence-electron chi connectivity index (χ4n) is 2.80. The highest BCUT2D eigenvalue weighted by Gasteiger charge is 2.14. The summed E-state index contributed by atoms with van der Waals surface area (Å²) in [6, 6.07) is 0. The highest BCUT2D eigenvalue weighted by molar-refractivity contribution is 4.67. The molecule has 3 heteroatoms. The second-order valence-corrected chi connectivity index (χ2v) is 6.02. The van der Waals surface area contributed by atoms with Crippen molar-refractivity contribution in [2.75, 3.05) is 40.5 Å². The molecule has 1 aliphatic rings. The van der Waals surface area contributed by atoms with Gasteiger partial charge in [0.05, 0.1) is 6.67 Å². The Labute approximate surface area is 127 Å². The Kier molecular flexibility index (Phi) is 15.2. The Morgan fingerprint density at radius 3 is 1.70 bits per heavy atom. The molecule has 1 saturated heterocycles. The molecule has 0 bridgehead atoms. The molecule has 1 aliphatic heterocycles. The van der Waals surface area contributed by atoms with Crippen LogP contribution in [0.2, 0.25) is 0 Å². The standard InChI is InChI=1S/C16H34N2.CH4O/c1-3-4-5-6-7-8-9-10-11-12-13-18-15-14-17(2)16-18;1-2/h3-16H2,1-2H3;2H,1H3. The maximum atomic E-state index is 7.00. The van der Waals surface area contributed by atoms with Crippen molar-refractivity contribution in [1.29, 1.82) is 0 Å². The van der Waals surface area contributed by atoms with E-state index in [0.29, 0.717) is 0 Å². The summed E-state index contributed by atoms with van der Waals surface area (Å²) in [6.45, 7) is 7.35. The van der Waals surface area contributed by atoms with Crippen LogP contribution in [0.4, 0.5) is 0 Å². The van der Waals surface area contributed by atoms with E-state index in [0.717, 1.165) is 7.11 Å². The van der Waals surface area contributed by atoms with Gasteiger partial charge in [0.15, 0.2) is 0 Å². The normalized spacial score (nSPS) is 16.2. The summed E-state index contributed by atoms with van der Waals surface area (Å²) in [5.41, 5.74) is 0. The fourth-order valence-corrected chi connectivity index (χ4v) is 2.80. The molecule has 122 valence electrons. The first-order chi connectivity index (χ1) is 9.83. The predicted octanol–water partition coefficient (Wildman–Crippen LogP) is 3.72. The van der Waals surface area contributed by atoms with Crippen LogP contribution in [0.15, 0.2) is 0 Å². The van der Waals surface area contributed by atoms with Crippen LogP contribution in [-0.4, -0.2) is 55.4 Å². The molecule has 0 amide bonds. The smallest absolute Gasteiger partial charge is 0.0504 e. The number of rotatable bonds is 11. The molecule has 0 aliphatic carbocycles. The number of unbranched alkanes of at least 4 members (excludes halogenated alkanes) is 9. The number of nitrogens with zero attached hydrogens (tertiary/aromatic N) is 2. The van der Waals surface area contributed by atoms with Crippen molar-refractivity contribution in [1.82, 2.24) is 9.80 Å². The molecule has 1 fully saturated rings. The topological polar surface area (TPSA) is 26.7 Å². The largest absolute Gasteiger partial charge is 0.400 e. The van der Waals surface area contributed by atoms with Gasteiger partial charge in [0.2, 0.25) is 0 Å². The predicted molar refractivity (Wildman–Crippen MR) is 89.1 cm³/mol. The summed E-state index contributed by atoms with van der Waals surface area (Å²) in [7, 11) is 3.22. The molecule has 0 spiro atoms. The van der Waals surface area contributed by atoms with Crippen LogP contribution in [0.25, 0.3) is 0 Å². The van der Waals surface area contributed by atoms with E-state index in [9.17, 15) is 0 Å². The first-order valence-electron chi connectivity index (χ1n) is 8.68. The number of aliphatic hydroxyl groups excluding tert-OH is 1. The lowest BCUT2D eigenvalue weighted by Crippen LogP contribution is -2.24. The van der Waals surface area contributed by atoms with E-state index < -0.39 is 0 Å². The summed E-state index contributed by atoms with van der Waals surface area (Å²) in [5, 5.41) is 7.00. The van der Waals surface area contributed by atoms with Gasteiger partial charge in [0.1, 0.15) is 0 Å². The highest BCUT2D eigenvalue weighted by Crippen LogP contribution is 2.11. The van der Waals surface area contributed by atoms with Crippen molar-refractivity contribution in [2.24, 2.45) is 0 Å². The van der Waals surface area contributed by atoms with Crippen LogP contribution < -0.4 is 0 Å². The van der Waals surface area contributed by atoms with E-state index >= 15 is 0 Å². The van der Waals surface area contributed by atoms with Gasteiger partial charge < -0.3 is 5.11 Å². The van der Waals surface area contributed by atoms with Crippen LogP contribution in [0.3, 0.4) is 0 Å². The summed E-state index contributed by atoms with van der Waals surface area (Å²) in [4.78, 5) is 5.00. The minimum Gasteiger partial charge on any atom is -0.400 e. The molecule has 0 atom stereocenters. The van der Waals surface area contributed by atoms with Crippen LogP contribution in [0, 0.1) is 0 Å². The molecule has 0 saturated carbocycles. The molecule has 3 nitrogen and oxygen atoms in total. The van der Waals surface area contributed by atoms with Crippen molar-refractivity contribution in [3.63, 3.8) is 0 Å². The Balaban J connectivity index is 0.00000172. The first-order valence-corrected chi connectivity index (χ1v) is 8.68. The van der Waals surface area contributed by atoms with E-state index in [2.05, 4.69) is 23.8 Å². The SMILES string of the molecule is CCCCCCCCCCCCN1CCN(C)C1.CO.